The number of carbonyl (C=O) groups is 1. The number of hydrogen-bond acceptors (Lipinski definition) is 3. The summed E-state index contributed by atoms with van der Waals surface area (Å²) in [5, 5.41) is 2.78. The van der Waals surface area contributed by atoms with Crippen molar-refractivity contribution in [2.45, 2.75) is 5.03 Å². The molecule has 0 radical (unpaired) electrons. The second-order valence-electron chi connectivity index (χ2n) is 3.58. The summed E-state index contributed by atoms with van der Waals surface area (Å²) in [6, 6.07) is 8.86. The van der Waals surface area contributed by atoms with Gasteiger partial charge in [-0.25, -0.2) is 9.37 Å². The summed E-state index contributed by atoms with van der Waals surface area (Å²) < 4.78 is 12.7. The third-order valence-electron chi connectivity index (χ3n) is 2.25. The summed E-state index contributed by atoms with van der Waals surface area (Å²) in [4.78, 5) is 15.8. The molecule has 0 fully saturated rings. The van der Waals surface area contributed by atoms with Crippen LogP contribution in [0.15, 0.2) is 59.1 Å². The molecule has 0 saturated heterocycles. The topological polar surface area (TPSA) is 30.0 Å². The highest BCUT2D eigenvalue weighted by atomic mass is 35.5. The van der Waals surface area contributed by atoms with Crippen LogP contribution in [0.3, 0.4) is 0 Å². The molecule has 1 heterocycles. The number of aromatic nitrogens is 1. The van der Waals surface area contributed by atoms with Gasteiger partial charge in [-0.15, -0.1) is 0 Å². The van der Waals surface area contributed by atoms with Crippen molar-refractivity contribution >= 4 is 29.1 Å². The Hall–Kier alpha value is -1.65. The molecule has 0 bridgehead atoms. The van der Waals surface area contributed by atoms with Crippen LogP contribution in [0.5, 0.6) is 0 Å². The van der Waals surface area contributed by atoms with Crippen LogP contribution in [-0.4, -0.2) is 10.8 Å². The number of ketones is 1. The van der Waals surface area contributed by atoms with Crippen LogP contribution < -0.4 is 0 Å². The van der Waals surface area contributed by atoms with Crippen molar-refractivity contribution in [3.05, 3.63) is 70.5 Å². The summed E-state index contributed by atoms with van der Waals surface area (Å²) in [5.41, 5.74) is 0.436. The zero-order valence-corrected chi connectivity index (χ0v) is 11.3. The van der Waals surface area contributed by atoms with Crippen molar-refractivity contribution in [1.29, 1.82) is 0 Å². The van der Waals surface area contributed by atoms with E-state index in [-0.39, 0.29) is 11.6 Å². The van der Waals surface area contributed by atoms with Gasteiger partial charge in [-0.05, 0) is 47.9 Å². The molecule has 19 heavy (non-hydrogen) atoms. The highest BCUT2D eigenvalue weighted by Gasteiger charge is 2.02. The molecule has 96 valence electrons. The van der Waals surface area contributed by atoms with E-state index in [0.717, 1.165) is 0 Å². The normalized spacial score (nSPS) is 10.8. The number of nitrogens with zero attached hydrogens (tertiary/aromatic N) is 1. The van der Waals surface area contributed by atoms with Crippen molar-refractivity contribution in [3.63, 3.8) is 0 Å². The molecule has 2 nitrogen and oxygen atoms in total. The number of benzene rings is 1. The van der Waals surface area contributed by atoms with E-state index in [4.69, 9.17) is 11.6 Å². The SMILES string of the molecule is O=C(/C=C/Sc1ncccc1Cl)c1ccc(F)cc1. The molecule has 0 saturated carbocycles. The second kappa shape index (κ2) is 6.50. The maximum Gasteiger partial charge on any atom is 0.186 e. The lowest BCUT2D eigenvalue weighted by molar-refractivity contribution is 0.104. The second-order valence-corrected chi connectivity index (χ2v) is 4.88. The molecule has 5 heteroatoms. The molecule has 0 aliphatic heterocycles. The number of rotatable bonds is 4. The van der Waals surface area contributed by atoms with Gasteiger partial charge in [0.15, 0.2) is 5.78 Å². The largest absolute Gasteiger partial charge is 0.289 e. The molecule has 0 amide bonds. The van der Waals surface area contributed by atoms with Gasteiger partial charge in [0.05, 0.1) is 5.02 Å². The predicted molar refractivity (Wildman–Crippen MR) is 75.0 cm³/mol. The van der Waals surface area contributed by atoms with Gasteiger partial charge in [-0.2, -0.15) is 0 Å². The molecule has 0 aliphatic carbocycles. The maximum absolute atomic E-state index is 12.7. The highest BCUT2D eigenvalue weighted by Crippen LogP contribution is 2.24. The Bertz CT molecular complexity index is 613. The predicted octanol–water partition coefficient (Wildman–Crippen LogP) is 4.36. The summed E-state index contributed by atoms with van der Waals surface area (Å²) in [7, 11) is 0. The first-order valence-electron chi connectivity index (χ1n) is 5.40. The fourth-order valence-electron chi connectivity index (χ4n) is 1.33. The van der Waals surface area contributed by atoms with Crippen LogP contribution >= 0.6 is 23.4 Å². The van der Waals surface area contributed by atoms with Crippen LogP contribution in [0.1, 0.15) is 10.4 Å². The Morgan fingerprint density at radius 3 is 2.68 bits per heavy atom. The Balaban J connectivity index is 2.01. The fraction of sp³-hybridized carbons (Fsp3) is 0. The first-order valence-corrected chi connectivity index (χ1v) is 6.66. The van der Waals surface area contributed by atoms with Crippen molar-refractivity contribution in [2.75, 3.05) is 0 Å². The summed E-state index contributed by atoms with van der Waals surface area (Å²) in [6.45, 7) is 0. The Morgan fingerprint density at radius 1 is 1.26 bits per heavy atom. The summed E-state index contributed by atoms with van der Waals surface area (Å²) in [6.07, 6.45) is 3.03. The average Bonchev–Trinajstić information content (AvgIpc) is 2.41. The standard InChI is InChI=1S/C14H9ClFNOS/c15-12-2-1-8-17-14(12)19-9-7-13(18)10-3-5-11(16)6-4-10/h1-9H/b9-7+. The molecule has 0 unspecified atom stereocenters. The highest BCUT2D eigenvalue weighted by molar-refractivity contribution is 8.02. The van der Waals surface area contributed by atoms with Crippen molar-refractivity contribution in [3.8, 4) is 0 Å². The van der Waals surface area contributed by atoms with E-state index < -0.39 is 0 Å². The lowest BCUT2D eigenvalue weighted by Crippen LogP contribution is -1.93. The number of hydrogen-bond donors (Lipinski definition) is 0. The van der Waals surface area contributed by atoms with E-state index in [9.17, 15) is 9.18 Å². The van der Waals surface area contributed by atoms with E-state index in [1.54, 1.807) is 23.7 Å². The minimum atomic E-state index is -0.366. The van der Waals surface area contributed by atoms with Gasteiger partial charge in [-0.1, -0.05) is 23.4 Å². The van der Waals surface area contributed by atoms with Gasteiger partial charge in [0.25, 0.3) is 0 Å². The molecule has 0 N–H and O–H groups in total. The minimum absolute atomic E-state index is 0.195. The summed E-state index contributed by atoms with van der Waals surface area (Å²) in [5.74, 6) is -0.560. The van der Waals surface area contributed by atoms with E-state index >= 15 is 0 Å². The fourth-order valence-corrected chi connectivity index (χ4v) is 2.21. The first kappa shape index (κ1) is 13.8. The van der Waals surface area contributed by atoms with E-state index in [2.05, 4.69) is 4.98 Å². The molecular weight excluding hydrogens is 285 g/mol. The lowest BCUT2D eigenvalue weighted by Gasteiger charge is -1.97. The van der Waals surface area contributed by atoms with Gasteiger partial charge in [-0.3, -0.25) is 4.79 Å². The van der Waals surface area contributed by atoms with Crippen LogP contribution in [0.2, 0.25) is 5.02 Å². The van der Waals surface area contributed by atoms with Gasteiger partial charge in [0, 0.05) is 11.8 Å². The van der Waals surface area contributed by atoms with Crippen LogP contribution in [-0.2, 0) is 0 Å². The third kappa shape index (κ3) is 3.91. The lowest BCUT2D eigenvalue weighted by atomic mass is 10.1. The van der Waals surface area contributed by atoms with Crippen molar-refractivity contribution < 1.29 is 9.18 Å². The minimum Gasteiger partial charge on any atom is -0.289 e. The maximum atomic E-state index is 12.7. The van der Waals surface area contributed by atoms with E-state index in [0.29, 0.717) is 15.6 Å². The molecule has 2 rings (SSSR count). The monoisotopic (exact) mass is 293 g/mol. The molecule has 2 aromatic rings. The number of halogens is 2. The Morgan fingerprint density at radius 2 is 2.00 bits per heavy atom. The number of pyridine rings is 1. The Kier molecular flexibility index (Phi) is 4.71. The summed E-state index contributed by atoms with van der Waals surface area (Å²) >= 11 is 7.18. The average molecular weight is 294 g/mol. The first-order chi connectivity index (χ1) is 9.16. The van der Waals surface area contributed by atoms with Gasteiger partial charge in [0.2, 0.25) is 0 Å². The molecule has 0 spiro atoms. The van der Waals surface area contributed by atoms with E-state index in [1.165, 1.54) is 42.1 Å². The number of allylic oxidation sites excluding steroid dienone is 1. The molecule has 0 atom stereocenters. The van der Waals surface area contributed by atoms with Crippen LogP contribution in [0.25, 0.3) is 0 Å². The number of carbonyl (C=O) groups excluding carboxylic acids is 1. The quantitative estimate of drug-likeness (QED) is 0.476. The van der Waals surface area contributed by atoms with Crippen molar-refractivity contribution in [1.82, 2.24) is 4.98 Å². The van der Waals surface area contributed by atoms with Crippen molar-refractivity contribution in [2.24, 2.45) is 0 Å². The van der Waals surface area contributed by atoms with Gasteiger partial charge < -0.3 is 0 Å². The number of thioether (sulfide) groups is 1. The van der Waals surface area contributed by atoms with Gasteiger partial charge >= 0.3 is 0 Å². The Labute approximate surface area is 119 Å². The third-order valence-corrected chi connectivity index (χ3v) is 3.49. The molecule has 0 aliphatic rings. The zero-order valence-electron chi connectivity index (χ0n) is 9.72. The zero-order chi connectivity index (χ0) is 13.7. The smallest absolute Gasteiger partial charge is 0.186 e. The molecule has 1 aromatic heterocycles. The van der Waals surface area contributed by atoms with E-state index in [1.807, 2.05) is 0 Å². The van der Waals surface area contributed by atoms with Crippen LogP contribution in [0.4, 0.5) is 4.39 Å². The van der Waals surface area contributed by atoms with Gasteiger partial charge in [0.1, 0.15) is 10.8 Å². The molecular formula is C14H9ClFNOS. The molecule has 1 aromatic carbocycles. The van der Waals surface area contributed by atoms with Crippen LogP contribution in [0, 0.1) is 5.82 Å².